The van der Waals surface area contributed by atoms with Gasteiger partial charge in [0.25, 0.3) is 0 Å². The van der Waals surface area contributed by atoms with Crippen LogP contribution in [-0.2, 0) is 4.74 Å². The maximum atomic E-state index is 9.70. The predicted molar refractivity (Wildman–Crippen MR) is 113 cm³/mol. The van der Waals surface area contributed by atoms with E-state index in [2.05, 4.69) is 83.7 Å². The second-order valence-electron chi connectivity index (χ2n) is 7.76. The Hall–Kier alpha value is -1.96. The Morgan fingerprint density at radius 3 is 2.35 bits per heavy atom. The van der Waals surface area contributed by atoms with Crippen LogP contribution in [0.4, 0.5) is 0 Å². The lowest BCUT2D eigenvalue weighted by Gasteiger charge is -2.27. The summed E-state index contributed by atoms with van der Waals surface area (Å²) in [5.74, 6) is 1.76. The van der Waals surface area contributed by atoms with Gasteiger partial charge in [0, 0.05) is 12.0 Å². The van der Waals surface area contributed by atoms with Gasteiger partial charge in [0.1, 0.15) is 5.60 Å². The lowest BCUT2D eigenvalue weighted by molar-refractivity contribution is 0.0503. The van der Waals surface area contributed by atoms with Crippen molar-refractivity contribution < 1.29 is 9.84 Å². The summed E-state index contributed by atoms with van der Waals surface area (Å²) in [6.45, 7) is 16.6. The van der Waals surface area contributed by atoms with Crippen LogP contribution < -0.4 is 0 Å². The topological polar surface area (TPSA) is 29.5 Å². The van der Waals surface area contributed by atoms with E-state index in [-0.39, 0.29) is 11.7 Å². The zero-order valence-corrected chi connectivity index (χ0v) is 17.3. The first-order valence-corrected chi connectivity index (χ1v) is 9.67. The van der Waals surface area contributed by atoms with Crippen molar-refractivity contribution >= 4 is 0 Å². The predicted octanol–water partition coefficient (Wildman–Crippen LogP) is 7.05. The Morgan fingerprint density at radius 2 is 1.77 bits per heavy atom. The van der Waals surface area contributed by atoms with E-state index in [0.29, 0.717) is 17.6 Å². The molecule has 0 aliphatic carbocycles. The van der Waals surface area contributed by atoms with Gasteiger partial charge >= 0.3 is 0 Å². The number of aliphatic hydroxyl groups is 1. The molecule has 0 fully saturated rings. The molecule has 1 heterocycles. The summed E-state index contributed by atoms with van der Waals surface area (Å²) in [5, 5.41) is 9.70. The van der Waals surface area contributed by atoms with E-state index in [1.54, 1.807) is 6.08 Å². The third-order valence-corrected chi connectivity index (χ3v) is 5.02. The summed E-state index contributed by atoms with van der Waals surface area (Å²) in [6, 6.07) is 0. The fraction of sp³-hybridized carbons (Fsp3) is 0.500. The zero-order chi connectivity index (χ0) is 19.7. The monoisotopic (exact) mass is 356 g/mol. The molecule has 4 unspecified atom stereocenters. The van der Waals surface area contributed by atoms with Gasteiger partial charge in [0.05, 0.1) is 0 Å². The van der Waals surface area contributed by atoms with Crippen molar-refractivity contribution in [3.63, 3.8) is 0 Å². The molecule has 0 amide bonds. The molecule has 0 saturated carbocycles. The van der Waals surface area contributed by atoms with Crippen molar-refractivity contribution in [1.29, 1.82) is 0 Å². The Kier molecular flexibility index (Phi) is 8.71. The van der Waals surface area contributed by atoms with Gasteiger partial charge in [-0.05, 0) is 32.1 Å². The highest BCUT2D eigenvalue weighted by atomic mass is 16.5. The lowest BCUT2D eigenvalue weighted by atomic mass is 9.90. The van der Waals surface area contributed by atoms with Gasteiger partial charge in [0.15, 0.2) is 11.5 Å². The second-order valence-corrected chi connectivity index (χ2v) is 7.76. The van der Waals surface area contributed by atoms with Crippen molar-refractivity contribution in [2.24, 2.45) is 17.8 Å². The van der Waals surface area contributed by atoms with Gasteiger partial charge in [-0.2, -0.15) is 0 Å². The summed E-state index contributed by atoms with van der Waals surface area (Å²) < 4.78 is 5.69. The van der Waals surface area contributed by atoms with Crippen LogP contribution in [0, 0.1) is 17.8 Å². The highest BCUT2D eigenvalue weighted by Crippen LogP contribution is 2.35. The molecule has 1 aliphatic heterocycles. The van der Waals surface area contributed by atoms with E-state index in [4.69, 9.17) is 4.74 Å². The number of rotatable bonds is 9. The molecule has 0 spiro atoms. The summed E-state index contributed by atoms with van der Waals surface area (Å²) in [6.07, 6.45) is 19.1. The van der Waals surface area contributed by atoms with Crippen LogP contribution in [0.5, 0.6) is 0 Å². The van der Waals surface area contributed by atoms with Crippen molar-refractivity contribution in [3.05, 3.63) is 72.3 Å². The molecule has 0 radical (unpaired) electrons. The largest absolute Gasteiger partial charge is 0.504 e. The molecular weight excluding hydrogens is 320 g/mol. The quantitative estimate of drug-likeness (QED) is 0.448. The van der Waals surface area contributed by atoms with Crippen molar-refractivity contribution in [1.82, 2.24) is 0 Å². The number of ether oxygens (including phenoxy) is 1. The number of aliphatic hydroxyl groups excluding tert-OH is 1. The summed E-state index contributed by atoms with van der Waals surface area (Å²) >= 11 is 0. The first-order chi connectivity index (χ1) is 12.2. The molecule has 0 aromatic heterocycles. The molecule has 2 heteroatoms. The van der Waals surface area contributed by atoms with E-state index >= 15 is 0 Å². The average Bonchev–Trinajstić information content (AvgIpc) is 2.84. The molecule has 26 heavy (non-hydrogen) atoms. The minimum atomic E-state index is -0.529. The Labute approximate surface area is 160 Å². The average molecular weight is 357 g/mol. The number of hydrogen-bond donors (Lipinski definition) is 1. The van der Waals surface area contributed by atoms with Crippen molar-refractivity contribution in [2.45, 2.75) is 60.0 Å². The molecule has 0 saturated heterocycles. The van der Waals surface area contributed by atoms with E-state index in [1.807, 2.05) is 6.92 Å². The SMILES string of the molecule is C=C1OC(C)(C(C)/C=C/C=C/C(C)C/C(C)=C/C=C/C(C)CC)C=C1O. The van der Waals surface area contributed by atoms with Crippen LogP contribution >= 0.6 is 0 Å². The van der Waals surface area contributed by atoms with Crippen molar-refractivity contribution in [3.8, 4) is 0 Å². The Balaban J connectivity index is 2.50. The lowest BCUT2D eigenvalue weighted by Crippen LogP contribution is -2.29. The minimum absolute atomic E-state index is 0.135. The van der Waals surface area contributed by atoms with Crippen LogP contribution in [0.2, 0.25) is 0 Å². The highest BCUT2D eigenvalue weighted by Gasteiger charge is 2.36. The van der Waals surface area contributed by atoms with Crippen LogP contribution in [0.1, 0.15) is 54.4 Å². The molecule has 0 bridgehead atoms. The maximum absolute atomic E-state index is 9.70. The third kappa shape index (κ3) is 7.11. The van der Waals surface area contributed by atoms with Crippen LogP contribution in [-0.4, -0.2) is 10.7 Å². The minimum Gasteiger partial charge on any atom is -0.504 e. The molecular formula is C24H36O2. The fourth-order valence-electron chi connectivity index (χ4n) is 2.79. The Bertz CT molecular complexity index is 618. The van der Waals surface area contributed by atoms with Crippen LogP contribution in [0.15, 0.2) is 72.3 Å². The van der Waals surface area contributed by atoms with Crippen molar-refractivity contribution in [2.75, 3.05) is 0 Å². The molecule has 0 aromatic rings. The summed E-state index contributed by atoms with van der Waals surface area (Å²) in [4.78, 5) is 0. The third-order valence-electron chi connectivity index (χ3n) is 5.02. The zero-order valence-electron chi connectivity index (χ0n) is 17.3. The normalized spacial score (nSPS) is 25.1. The second kappa shape index (κ2) is 10.3. The number of allylic oxidation sites excluding steroid dienone is 7. The molecule has 1 aliphatic rings. The summed E-state index contributed by atoms with van der Waals surface area (Å²) in [5.41, 5.74) is 0.864. The molecule has 1 rings (SSSR count). The van der Waals surface area contributed by atoms with E-state index in [1.165, 1.54) is 12.0 Å². The van der Waals surface area contributed by atoms with Gasteiger partial charge in [-0.1, -0.05) is 88.8 Å². The van der Waals surface area contributed by atoms with Gasteiger partial charge in [0.2, 0.25) is 0 Å². The molecule has 0 aromatic carbocycles. The van der Waals surface area contributed by atoms with Gasteiger partial charge in [-0.3, -0.25) is 0 Å². The first kappa shape index (κ1) is 22.1. The fourth-order valence-corrected chi connectivity index (χ4v) is 2.79. The van der Waals surface area contributed by atoms with Gasteiger partial charge < -0.3 is 9.84 Å². The molecule has 2 nitrogen and oxygen atoms in total. The smallest absolute Gasteiger partial charge is 0.156 e. The first-order valence-electron chi connectivity index (χ1n) is 9.67. The summed E-state index contributed by atoms with van der Waals surface area (Å²) in [7, 11) is 0. The standard InChI is InChI=1S/C24H36O2/c1-8-18(2)13-11-14-20(4)16-19(3)12-9-10-15-21(5)24(7)17-23(25)22(6)26-24/h9-15,17-19,21,25H,6,8,16H2,1-5,7H3/b12-9+,13-11+,15-10+,20-14+. The number of hydrogen-bond acceptors (Lipinski definition) is 2. The highest BCUT2D eigenvalue weighted by molar-refractivity contribution is 5.29. The van der Waals surface area contributed by atoms with E-state index < -0.39 is 5.60 Å². The Morgan fingerprint density at radius 1 is 1.15 bits per heavy atom. The van der Waals surface area contributed by atoms with Crippen LogP contribution in [0.25, 0.3) is 0 Å². The molecule has 4 atom stereocenters. The van der Waals surface area contributed by atoms with Crippen LogP contribution in [0.3, 0.4) is 0 Å². The van der Waals surface area contributed by atoms with E-state index in [9.17, 15) is 5.11 Å². The van der Waals surface area contributed by atoms with E-state index in [0.717, 1.165) is 6.42 Å². The maximum Gasteiger partial charge on any atom is 0.156 e. The van der Waals surface area contributed by atoms with Gasteiger partial charge in [-0.25, -0.2) is 0 Å². The molecule has 144 valence electrons. The molecule has 1 N–H and O–H groups in total. The van der Waals surface area contributed by atoms with Gasteiger partial charge in [-0.15, -0.1) is 0 Å².